The number of anilines is 1. The molecule has 1 aliphatic rings. The van der Waals surface area contributed by atoms with Gasteiger partial charge in [-0.25, -0.2) is 0 Å². The summed E-state index contributed by atoms with van der Waals surface area (Å²) in [7, 11) is 2.02. The summed E-state index contributed by atoms with van der Waals surface area (Å²) in [6, 6.07) is 0.195. The summed E-state index contributed by atoms with van der Waals surface area (Å²) in [5.74, 6) is 1.21. The third-order valence-electron chi connectivity index (χ3n) is 4.20. The Hall–Kier alpha value is -1.07. The molecule has 1 aromatic heterocycles. The minimum absolute atomic E-state index is 0.0104. The zero-order chi connectivity index (χ0) is 14.9. The lowest BCUT2D eigenvalue weighted by molar-refractivity contribution is 0.0633. The molecule has 0 aliphatic carbocycles. The molecule has 2 N–H and O–H groups in total. The van der Waals surface area contributed by atoms with Gasteiger partial charge in [-0.05, 0) is 33.6 Å². The number of aromatic nitrogens is 2. The van der Waals surface area contributed by atoms with Gasteiger partial charge in [-0.15, -0.1) is 0 Å². The molecule has 1 unspecified atom stereocenters. The Balaban J connectivity index is 2.39. The number of ether oxygens (including phenoxy) is 1. The van der Waals surface area contributed by atoms with Crippen molar-refractivity contribution in [3.63, 3.8) is 0 Å². The van der Waals surface area contributed by atoms with Crippen LogP contribution in [0.2, 0.25) is 0 Å². The first-order valence-corrected chi connectivity index (χ1v) is 7.50. The van der Waals surface area contributed by atoms with Crippen LogP contribution in [0, 0.1) is 6.92 Å². The summed E-state index contributed by atoms with van der Waals surface area (Å²) in [4.78, 5) is 2.42. The van der Waals surface area contributed by atoms with Crippen LogP contribution >= 0.6 is 0 Å². The average Bonchev–Trinajstić information content (AvgIpc) is 2.64. The number of hydrogen-bond acceptors (Lipinski definition) is 4. The van der Waals surface area contributed by atoms with Gasteiger partial charge >= 0.3 is 0 Å². The van der Waals surface area contributed by atoms with Crippen molar-refractivity contribution < 1.29 is 4.74 Å². The van der Waals surface area contributed by atoms with Crippen LogP contribution < -0.4 is 10.6 Å². The van der Waals surface area contributed by atoms with Gasteiger partial charge in [0.1, 0.15) is 5.82 Å². The Morgan fingerprint density at radius 1 is 1.45 bits per heavy atom. The molecule has 0 amide bonds. The molecule has 2 rings (SSSR count). The van der Waals surface area contributed by atoms with E-state index in [9.17, 15) is 0 Å². The van der Waals surface area contributed by atoms with Crippen LogP contribution in [0.1, 0.15) is 38.4 Å². The highest BCUT2D eigenvalue weighted by Crippen LogP contribution is 2.32. The van der Waals surface area contributed by atoms with Crippen molar-refractivity contribution in [2.75, 3.05) is 24.7 Å². The topological polar surface area (TPSA) is 56.3 Å². The Morgan fingerprint density at radius 3 is 2.75 bits per heavy atom. The third-order valence-corrected chi connectivity index (χ3v) is 4.20. The van der Waals surface area contributed by atoms with E-state index in [1.54, 1.807) is 0 Å². The first kappa shape index (κ1) is 15.3. The van der Waals surface area contributed by atoms with E-state index < -0.39 is 0 Å². The molecule has 5 nitrogen and oxygen atoms in total. The fourth-order valence-corrected chi connectivity index (χ4v) is 2.92. The first-order chi connectivity index (χ1) is 9.36. The molecule has 1 saturated heterocycles. The van der Waals surface area contributed by atoms with Crippen molar-refractivity contribution in [2.24, 2.45) is 12.8 Å². The zero-order valence-corrected chi connectivity index (χ0v) is 13.4. The van der Waals surface area contributed by atoms with E-state index in [0.717, 1.165) is 38.3 Å². The molecule has 1 fully saturated rings. The van der Waals surface area contributed by atoms with Crippen LogP contribution in [0.25, 0.3) is 0 Å². The van der Waals surface area contributed by atoms with Gasteiger partial charge in [-0.3, -0.25) is 4.68 Å². The highest BCUT2D eigenvalue weighted by Gasteiger charge is 2.34. The van der Waals surface area contributed by atoms with Crippen LogP contribution in [0.5, 0.6) is 0 Å². The molecule has 5 heteroatoms. The number of morpholine rings is 1. The molecule has 20 heavy (non-hydrogen) atoms. The van der Waals surface area contributed by atoms with Crippen LogP contribution in [0.15, 0.2) is 0 Å². The molecule has 0 bridgehead atoms. The normalized spacial score (nSPS) is 20.2. The van der Waals surface area contributed by atoms with E-state index in [1.165, 1.54) is 11.4 Å². The average molecular weight is 280 g/mol. The smallest absolute Gasteiger partial charge is 0.130 e. The number of nitrogens with two attached hydrogens (primary N) is 1. The number of rotatable bonds is 4. The molecule has 1 aromatic rings. The van der Waals surface area contributed by atoms with E-state index in [2.05, 4.69) is 37.7 Å². The van der Waals surface area contributed by atoms with E-state index in [-0.39, 0.29) is 11.6 Å². The number of nitrogens with zero attached hydrogens (tertiary/aromatic N) is 3. The van der Waals surface area contributed by atoms with Crippen molar-refractivity contribution >= 4 is 5.82 Å². The lowest BCUT2D eigenvalue weighted by atomic mass is 9.99. The molecule has 2 heterocycles. The van der Waals surface area contributed by atoms with Gasteiger partial charge in [0, 0.05) is 25.2 Å². The van der Waals surface area contributed by atoms with Gasteiger partial charge in [-0.2, -0.15) is 5.10 Å². The van der Waals surface area contributed by atoms with Gasteiger partial charge in [0.05, 0.1) is 24.4 Å². The van der Waals surface area contributed by atoms with Crippen molar-refractivity contribution in [3.8, 4) is 0 Å². The molecule has 0 saturated carbocycles. The molecule has 1 atom stereocenters. The van der Waals surface area contributed by atoms with E-state index >= 15 is 0 Å². The molecule has 0 aromatic carbocycles. The van der Waals surface area contributed by atoms with Gasteiger partial charge < -0.3 is 15.4 Å². The lowest BCUT2D eigenvalue weighted by Gasteiger charge is -2.44. The summed E-state index contributed by atoms with van der Waals surface area (Å²) in [6.45, 7) is 11.1. The Bertz CT molecular complexity index is 467. The molecular formula is C15H28N4O. The number of aryl methyl sites for hydroxylation is 2. The highest BCUT2D eigenvalue weighted by molar-refractivity contribution is 5.53. The first-order valence-electron chi connectivity index (χ1n) is 7.50. The molecule has 0 radical (unpaired) electrons. The quantitative estimate of drug-likeness (QED) is 0.910. The summed E-state index contributed by atoms with van der Waals surface area (Å²) in [5, 5.41) is 4.62. The lowest BCUT2D eigenvalue weighted by Crippen LogP contribution is -2.54. The standard InChI is InChI=1S/C15H28N4O/c1-6-12(16)9-13-11(2)17-18(5)14(13)19-7-8-20-10-15(19,3)4/h12H,6-10,16H2,1-5H3. The minimum atomic E-state index is -0.0104. The predicted molar refractivity (Wildman–Crippen MR) is 82.2 cm³/mol. The second kappa shape index (κ2) is 5.74. The Morgan fingerprint density at radius 2 is 2.15 bits per heavy atom. The monoisotopic (exact) mass is 280 g/mol. The van der Waals surface area contributed by atoms with Gasteiger partial charge in [0.2, 0.25) is 0 Å². The fourth-order valence-electron chi connectivity index (χ4n) is 2.92. The summed E-state index contributed by atoms with van der Waals surface area (Å²) in [6.07, 6.45) is 1.87. The molecule has 0 spiro atoms. The van der Waals surface area contributed by atoms with Gasteiger partial charge in [0.25, 0.3) is 0 Å². The van der Waals surface area contributed by atoms with Gasteiger partial charge in [-0.1, -0.05) is 6.92 Å². The summed E-state index contributed by atoms with van der Waals surface area (Å²) in [5.41, 5.74) is 8.54. The second-order valence-corrected chi connectivity index (χ2v) is 6.40. The molecule has 1 aliphatic heterocycles. The SMILES string of the molecule is CCC(N)Cc1c(C)nn(C)c1N1CCOCC1(C)C. The maximum atomic E-state index is 6.17. The Labute approximate surface area is 122 Å². The fraction of sp³-hybridized carbons (Fsp3) is 0.800. The Kier molecular flexibility index (Phi) is 4.39. The van der Waals surface area contributed by atoms with Crippen LogP contribution in [-0.4, -0.2) is 41.1 Å². The highest BCUT2D eigenvalue weighted by atomic mass is 16.5. The van der Waals surface area contributed by atoms with Crippen LogP contribution in [-0.2, 0) is 18.2 Å². The van der Waals surface area contributed by atoms with E-state index in [4.69, 9.17) is 10.5 Å². The number of hydrogen-bond donors (Lipinski definition) is 1. The minimum Gasteiger partial charge on any atom is -0.377 e. The van der Waals surface area contributed by atoms with E-state index in [1.807, 2.05) is 11.7 Å². The maximum Gasteiger partial charge on any atom is 0.130 e. The summed E-state index contributed by atoms with van der Waals surface area (Å²) < 4.78 is 7.63. The van der Waals surface area contributed by atoms with Crippen molar-refractivity contribution in [3.05, 3.63) is 11.3 Å². The maximum absolute atomic E-state index is 6.17. The van der Waals surface area contributed by atoms with Crippen molar-refractivity contribution in [1.29, 1.82) is 0 Å². The van der Waals surface area contributed by atoms with Crippen molar-refractivity contribution in [2.45, 2.75) is 52.1 Å². The molecular weight excluding hydrogens is 252 g/mol. The van der Waals surface area contributed by atoms with Crippen molar-refractivity contribution in [1.82, 2.24) is 9.78 Å². The largest absolute Gasteiger partial charge is 0.377 e. The van der Waals surface area contributed by atoms with Gasteiger partial charge in [0.15, 0.2) is 0 Å². The van der Waals surface area contributed by atoms with Crippen LogP contribution in [0.3, 0.4) is 0 Å². The second-order valence-electron chi connectivity index (χ2n) is 6.40. The van der Waals surface area contributed by atoms with Crippen LogP contribution in [0.4, 0.5) is 5.82 Å². The molecule has 114 valence electrons. The van der Waals surface area contributed by atoms with E-state index in [0.29, 0.717) is 0 Å². The zero-order valence-electron chi connectivity index (χ0n) is 13.4. The third kappa shape index (κ3) is 2.83. The summed E-state index contributed by atoms with van der Waals surface area (Å²) >= 11 is 0. The predicted octanol–water partition coefficient (Wildman–Crippen LogP) is 1.62.